The molecular formula is C11H11NO. The van der Waals surface area contributed by atoms with Crippen LogP contribution in [0.2, 0.25) is 0 Å². The third-order valence-corrected chi connectivity index (χ3v) is 2.16. The van der Waals surface area contributed by atoms with Crippen molar-refractivity contribution in [3.63, 3.8) is 0 Å². The van der Waals surface area contributed by atoms with E-state index in [1.807, 2.05) is 30.3 Å². The number of nitrogens with one attached hydrogen (secondary N) is 1. The summed E-state index contributed by atoms with van der Waals surface area (Å²) in [4.78, 5) is 11.4. The van der Waals surface area contributed by atoms with Crippen LogP contribution >= 0.6 is 0 Å². The second-order valence-corrected chi connectivity index (χ2v) is 3.27. The highest BCUT2D eigenvalue weighted by Gasteiger charge is 2.34. The molecule has 1 fully saturated rings. The summed E-state index contributed by atoms with van der Waals surface area (Å²) >= 11 is 0. The van der Waals surface area contributed by atoms with Crippen molar-refractivity contribution in [2.75, 3.05) is 5.32 Å². The number of hydrogen-bond donors (Lipinski definition) is 1. The minimum absolute atomic E-state index is 0.0557. The van der Waals surface area contributed by atoms with Gasteiger partial charge in [0.05, 0.1) is 5.92 Å². The largest absolute Gasteiger partial charge is 0.326 e. The van der Waals surface area contributed by atoms with Gasteiger partial charge in [-0.2, -0.15) is 0 Å². The van der Waals surface area contributed by atoms with Gasteiger partial charge in [-0.3, -0.25) is 4.79 Å². The van der Waals surface area contributed by atoms with E-state index >= 15 is 0 Å². The molecule has 1 N–H and O–H groups in total. The van der Waals surface area contributed by atoms with Crippen molar-refractivity contribution in [1.82, 2.24) is 0 Å². The van der Waals surface area contributed by atoms with Gasteiger partial charge in [-0.05, 0) is 18.6 Å². The van der Waals surface area contributed by atoms with Gasteiger partial charge in [0.15, 0.2) is 0 Å². The van der Waals surface area contributed by atoms with Gasteiger partial charge < -0.3 is 5.32 Å². The highest BCUT2D eigenvalue weighted by atomic mass is 16.2. The van der Waals surface area contributed by atoms with E-state index in [-0.39, 0.29) is 11.8 Å². The van der Waals surface area contributed by atoms with Gasteiger partial charge in [0.25, 0.3) is 0 Å². The van der Waals surface area contributed by atoms with Crippen molar-refractivity contribution in [2.24, 2.45) is 5.92 Å². The van der Waals surface area contributed by atoms with E-state index in [0.29, 0.717) is 0 Å². The molecule has 0 bridgehead atoms. The van der Waals surface area contributed by atoms with Crippen molar-refractivity contribution >= 4 is 11.6 Å². The van der Waals surface area contributed by atoms with E-state index in [4.69, 9.17) is 0 Å². The van der Waals surface area contributed by atoms with Crippen LogP contribution < -0.4 is 5.32 Å². The van der Waals surface area contributed by atoms with Crippen LogP contribution in [0.5, 0.6) is 0 Å². The Bertz CT molecular complexity index is 342. The van der Waals surface area contributed by atoms with E-state index in [2.05, 4.69) is 11.9 Å². The standard InChI is InChI=1S/C11H11NO/c1-8-7-10(8)11(13)12-9-5-3-2-4-6-9/h2-6,10H,1,7H2,(H,12,13). The topological polar surface area (TPSA) is 29.1 Å². The van der Waals surface area contributed by atoms with Crippen molar-refractivity contribution < 1.29 is 4.79 Å². The Kier molecular flexibility index (Phi) is 1.89. The minimum Gasteiger partial charge on any atom is -0.326 e. The van der Waals surface area contributed by atoms with Gasteiger partial charge in [-0.1, -0.05) is 30.4 Å². The summed E-state index contributed by atoms with van der Waals surface area (Å²) in [5.74, 6) is 0.122. The molecule has 13 heavy (non-hydrogen) atoms. The van der Waals surface area contributed by atoms with E-state index in [1.54, 1.807) is 0 Å². The Balaban J connectivity index is 1.99. The second-order valence-electron chi connectivity index (χ2n) is 3.27. The highest BCUT2D eigenvalue weighted by Crippen LogP contribution is 2.36. The maximum absolute atomic E-state index is 11.4. The number of carbonyl (C=O) groups is 1. The third-order valence-electron chi connectivity index (χ3n) is 2.16. The lowest BCUT2D eigenvalue weighted by molar-refractivity contribution is -0.117. The lowest BCUT2D eigenvalue weighted by atomic mass is 10.3. The van der Waals surface area contributed by atoms with Gasteiger partial charge in [0.1, 0.15) is 0 Å². The maximum atomic E-state index is 11.4. The molecular weight excluding hydrogens is 162 g/mol. The Labute approximate surface area is 77.3 Å². The molecule has 0 saturated heterocycles. The fraction of sp³-hybridized carbons (Fsp3) is 0.182. The summed E-state index contributed by atoms with van der Waals surface area (Å²) < 4.78 is 0. The summed E-state index contributed by atoms with van der Waals surface area (Å²) in [5, 5.41) is 2.83. The van der Waals surface area contributed by atoms with Crippen LogP contribution in [0.25, 0.3) is 0 Å². The predicted octanol–water partition coefficient (Wildman–Crippen LogP) is 2.20. The van der Waals surface area contributed by atoms with Crippen LogP contribution in [-0.2, 0) is 4.79 Å². The van der Waals surface area contributed by atoms with E-state index in [0.717, 1.165) is 17.7 Å². The molecule has 1 unspecified atom stereocenters. The number of rotatable bonds is 2. The molecule has 0 radical (unpaired) electrons. The van der Waals surface area contributed by atoms with E-state index in [1.165, 1.54) is 0 Å². The van der Waals surface area contributed by atoms with Crippen LogP contribution in [0.3, 0.4) is 0 Å². The fourth-order valence-electron chi connectivity index (χ4n) is 1.23. The first-order valence-corrected chi connectivity index (χ1v) is 4.31. The first kappa shape index (κ1) is 8.05. The third kappa shape index (κ3) is 1.78. The lowest BCUT2D eigenvalue weighted by Crippen LogP contribution is -2.13. The number of anilines is 1. The minimum atomic E-state index is 0.0557. The van der Waals surface area contributed by atoms with Crippen LogP contribution in [0.15, 0.2) is 42.5 Å². The quantitative estimate of drug-likeness (QED) is 0.682. The van der Waals surface area contributed by atoms with Crippen LogP contribution in [0, 0.1) is 5.92 Å². The summed E-state index contributed by atoms with van der Waals surface area (Å²) in [6.07, 6.45) is 0.846. The SMILES string of the molecule is C=C1CC1C(=O)Nc1ccccc1. The zero-order chi connectivity index (χ0) is 9.26. The molecule has 2 heteroatoms. The number of amides is 1. The summed E-state index contributed by atoms with van der Waals surface area (Å²) in [7, 11) is 0. The molecule has 1 aromatic carbocycles. The molecule has 1 atom stereocenters. The molecule has 1 aliphatic carbocycles. The second kappa shape index (κ2) is 3.05. The van der Waals surface area contributed by atoms with Gasteiger partial charge in [-0.25, -0.2) is 0 Å². The molecule has 1 saturated carbocycles. The van der Waals surface area contributed by atoms with E-state index in [9.17, 15) is 4.79 Å². The Morgan fingerprint density at radius 2 is 2.00 bits per heavy atom. The highest BCUT2D eigenvalue weighted by molar-refractivity contribution is 5.97. The number of benzene rings is 1. The van der Waals surface area contributed by atoms with Crippen molar-refractivity contribution in [3.05, 3.63) is 42.5 Å². The average Bonchev–Trinajstić information content (AvgIpc) is 2.84. The van der Waals surface area contributed by atoms with Crippen LogP contribution in [0.1, 0.15) is 6.42 Å². The molecule has 0 aliphatic heterocycles. The number of hydrogen-bond acceptors (Lipinski definition) is 1. The molecule has 2 nitrogen and oxygen atoms in total. The van der Waals surface area contributed by atoms with Crippen molar-refractivity contribution in [1.29, 1.82) is 0 Å². The molecule has 0 spiro atoms. The molecule has 1 aliphatic rings. The van der Waals surface area contributed by atoms with Crippen LogP contribution in [-0.4, -0.2) is 5.91 Å². The molecule has 2 rings (SSSR count). The lowest BCUT2D eigenvalue weighted by Gasteiger charge is -2.01. The molecule has 0 heterocycles. The normalized spacial score (nSPS) is 19.7. The van der Waals surface area contributed by atoms with Gasteiger partial charge in [0.2, 0.25) is 5.91 Å². The average molecular weight is 173 g/mol. The zero-order valence-corrected chi connectivity index (χ0v) is 7.29. The van der Waals surface area contributed by atoms with E-state index < -0.39 is 0 Å². The van der Waals surface area contributed by atoms with Crippen LogP contribution in [0.4, 0.5) is 5.69 Å². The van der Waals surface area contributed by atoms with Gasteiger partial charge in [0, 0.05) is 5.69 Å². The number of para-hydroxylation sites is 1. The molecule has 66 valence electrons. The fourth-order valence-corrected chi connectivity index (χ4v) is 1.23. The first-order chi connectivity index (χ1) is 6.27. The zero-order valence-electron chi connectivity index (χ0n) is 7.29. The monoisotopic (exact) mass is 173 g/mol. The first-order valence-electron chi connectivity index (χ1n) is 4.31. The Morgan fingerprint density at radius 1 is 1.38 bits per heavy atom. The maximum Gasteiger partial charge on any atom is 0.231 e. The Morgan fingerprint density at radius 3 is 2.54 bits per heavy atom. The summed E-state index contributed by atoms with van der Waals surface area (Å²) in [6.45, 7) is 3.75. The molecule has 0 aromatic heterocycles. The molecule has 1 amide bonds. The van der Waals surface area contributed by atoms with Crippen molar-refractivity contribution in [2.45, 2.75) is 6.42 Å². The predicted molar refractivity (Wildman–Crippen MR) is 52.3 cm³/mol. The Hall–Kier alpha value is -1.57. The van der Waals surface area contributed by atoms with Gasteiger partial charge >= 0.3 is 0 Å². The van der Waals surface area contributed by atoms with Crippen molar-refractivity contribution in [3.8, 4) is 0 Å². The summed E-state index contributed by atoms with van der Waals surface area (Å²) in [5.41, 5.74) is 1.89. The summed E-state index contributed by atoms with van der Waals surface area (Å²) in [6, 6.07) is 9.48. The molecule has 1 aromatic rings. The number of carbonyl (C=O) groups excluding carboxylic acids is 1. The van der Waals surface area contributed by atoms with Gasteiger partial charge in [-0.15, -0.1) is 0 Å². The smallest absolute Gasteiger partial charge is 0.231 e.